The first-order valence-corrected chi connectivity index (χ1v) is 5.22. The van der Waals surface area contributed by atoms with Crippen LogP contribution >= 0.6 is 11.6 Å². The van der Waals surface area contributed by atoms with Gasteiger partial charge in [-0.05, 0) is 32.1 Å². The van der Waals surface area contributed by atoms with Gasteiger partial charge in [0.1, 0.15) is 11.9 Å². The summed E-state index contributed by atoms with van der Waals surface area (Å²) in [6.07, 6.45) is 1.93. The highest BCUT2D eigenvalue weighted by atomic mass is 35.5. The topological polar surface area (TPSA) is 18.5 Å². The van der Waals surface area contributed by atoms with E-state index in [2.05, 4.69) is 0 Å². The molecule has 0 N–H and O–H groups in total. The summed E-state index contributed by atoms with van der Waals surface area (Å²) in [6.45, 7) is 3.92. The number of fused-ring (bicyclic) bond motifs is 1. The Balaban J connectivity index is 2.67. The smallest absolute Gasteiger partial charge is 0.126 e. The molecule has 0 saturated heterocycles. The van der Waals surface area contributed by atoms with Crippen molar-refractivity contribution >= 4 is 17.7 Å². The molecule has 15 heavy (non-hydrogen) atoms. The van der Waals surface area contributed by atoms with Crippen molar-refractivity contribution in [3.05, 3.63) is 34.0 Å². The van der Waals surface area contributed by atoms with Crippen molar-refractivity contribution in [1.29, 1.82) is 0 Å². The molecule has 3 heteroatoms. The van der Waals surface area contributed by atoms with Crippen LogP contribution in [0, 0.1) is 0 Å². The van der Waals surface area contributed by atoms with E-state index in [0.717, 1.165) is 27.7 Å². The summed E-state index contributed by atoms with van der Waals surface area (Å²) in [5.74, 6) is 1.70. The van der Waals surface area contributed by atoms with E-state index in [-0.39, 0.29) is 6.10 Å². The lowest BCUT2D eigenvalue weighted by Gasteiger charge is -2.25. The van der Waals surface area contributed by atoms with Gasteiger partial charge in [0.15, 0.2) is 0 Å². The van der Waals surface area contributed by atoms with Gasteiger partial charge in [-0.1, -0.05) is 11.6 Å². The van der Waals surface area contributed by atoms with Crippen molar-refractivity contribution in [3.63, 3.8) is 0 Å². The highest BCUT2D eigenvalue weighted by Gasteiger charge is 2.22. The molecule has 1 aromatic rings. The first-order valence-electron chi connectivity index (χ1n) is 4.85. The lowest BCUT2D eigenvalue weighted by Crippen LogP contribution is -2.08. The highest BCUT2D eigenvalue weighted by Crippen LogP contribution is 2.40. The molecule has 2 nitrogen and oxygen atoms in total. The summed E-state index contributed by atoms with van der Waals surface area (Å²) in [5, 5.41) is 0.736. The Morgan fingerprint density at radius 2 is 2.13 bits per heavy atom. The fourth-order valence-corrected chi connectivity index (χ4v) is 2.13. The molecule has 1 unspecified atom stereocenters. The summed E-state index contributed by atoms with van der Waals surface area (Å²) in [5.41, 5.74) is 2.03. The molecule has 0 fully saturated rings. The minimum atomic E-state index is -0.0151. The summed E-state index contributed by atoms with van der Waals surface area (Å²) < 4.78 is 10.9. The van der Waals surface area contributed by atoms with Crippen LogP contribution in [0.1, 0.15) is 31.1 Å². The Labute approximate surface area is 94.5 Å². The summed E-state index contributed by atoms with van der Waals surface area (Å²) in [6, 6.07) is 3.72. The van der Waals surface area contributed by atoms with Gasteiger partial charge in [-0.2, -0.15) is 0 Å². The molecule has 0 aromatic heterocycles. The molecule has 1 aromatic carbocycles. The molecule has 1 heterocycles. The second kappa shape index (κ2) is 3.78. The molecule has 0 amide bonds. The third kappa shape index (κ3) is 1.70. The average Bonchev–Trinajstić information content (AvgIpc) is 2.19. The maximum Gasteiger partial charge on any atom is 0.126 e. The van der Waals surface area contributed by atoms with Crippen LogP contribution < -0.4 is 4.74 Å². The number of halogens is 1. The molecule has 1 aliphatic rings. The Bertz CT molecular complexity index is 424. The zero-order chi connectivity index (χ0) is 11.0. The zero-order valence-corrected chi connectivity index (χ0v) is 9.76. The number of allylic oxidation sites excluding steroid dienone is 1. The normalized spacial score (nSPS) is 18.9. The van der Waals surface area contributed by atoms with Crippen LogP contribution in [0.25, 0.3) is 6.08 Å². The van der Waals surface area contributed by atoms with Crippen LogP contribution in [0.5, 0.6) is 5.75 Å². The molecular formula is C12H13ClO2. The predicted octanol–water partition coefficient (Wildman–Crippen LogP) is 3.80. The average molecular weight is 225 g/mol. The number of benzene rings is 1. The third-order valence-electron chi connectivity index (χ3n) is 2.53. The van der Waals surface area contributed by atoms with Crippen molar-refractivity contribution < 1.29 is 9.47 Å². The van der Waals surface area contributed by atoms with Crippen molar-refractivity contribution in [2.24, 2.45) is 0 Å². The molecule has 1 aliphatic heterocycles. The van der Waals surface area contributed by atoms with Crippen LogP contribution in [-0.2, 0) is 4.74 Å². The second-order valence-electron chi connectivity index (χ2n) is 3.59. The second-order valence-corrected chi connectivity index (χ2v) is 4.00. The summed E-state index contributed by atoms with van der Waals surface area (Å²) >= 11 is 6.15. The van der Waals surface area contributed by atoms with Crippen molar-refractivity contribution in [2.75, 3.05) is 7.11 Å². The Morgan fingerprint density at radius 3 is 2.80 bits per heavy atom. The number of hydrogen-bond donors (Lipinski definition) is 0. The summed E-state index contributed by atoms with van der Waals surface area (Å²) in [7, 11) is 1.65. The predicted molar refractivity (Wildman–Crippen MR) is 61.2 cm³/mol. The Morgan fingerprint density at radius 1 is 1.40 bits per heavy atom. The van der Waals surface area contributed by atoms with Gasteiger partial charge in [0.05, 0.1) is 12.9 Å². The SMILES string of the molecule is COc1ccc(Cl)c2c1C(C)OC(C)=C2. The van der Waals surface area contributed by atoms with Gasteiger partial charge in [-0.25, -0.2) is 0 Å². The minimum absolute atomic E-state index is 0.0151. The van der Waals surface area contributed by atoms with Crippen molar-refractivity contribution in [3.8, 4) is 5.75 Å². The maximum atomic E-state index is 6.15. The Kier molecular flexibility index (Phi) is 2.61. The number of methoxy groups -OCH3 is 1. The molecule has 2 rings (SSSR count). The first-order chi connectivity index (χ1) is 7.13. The molecule has 0 saturated carbocycles. The highest BCUT2D eigenvalue weighted by molar-refractivity contribution is 6.32. The van der Waals surface area contributed by atoms with E-state index in [4.69, 9.17) is 21.1 Å². The largest absolute Gasteiger partial charge is 0.496 e. The lowest BCUT2D eigenvalue weighted by molar-refractivity contribution is 0.130. The fourth-order valence-electron chi connectivity index (χ4n) is 1.91. The van der Waals surface area contributed by atoms with Crippen molar-refractivity contribution in [2.45, 2.75) is 20.0 Å². The first kappa shape index (κ1) is 10.4. The van der Waals surface area contributed by atoms with Crippen LogP contribution in [0.2, 0.25) is 5.02 Å². The maximum absolute atomic E-state index is 6.15. The monoisotopic (exact) mass is 224 g/mol. The van der Waals surface area contributed by atoms with Gasteiger partial charge in [-0.3, -0.25) is 0 Å². The van der Waals surface area contributed by atoms with Crippen LogP contribution in [-0.4, -0.2) is 7.11 Å². The lowest BCUT2D eigenvalue weighted by atomic mass is 9.99. The van der Waals surface area contributed by atoms with E-state index in [9.17, 15) is 0 Å². The van der Waals surface area contributed by atoms with Gasteiger partial charge in [0.25, 0.3) is 0 Å². The molecule has 0 aliphatic carbocycles. The van der Waals surface area contributed by atoms with Gasteiger partial charge >= 0.3 is 0 Å². The molecule has 1 atom stereocenters. The van der Waals surface area contributed by atoms with E-state index in [1.807, 2.05) is 32.1 Å². The quantitative estimate of drug-likeness (QED) is 0.723. The minimum Gasteiger partial charge on any atom is -0.496 e. The van der Waals surface area contributed by atoms with Gasteiger partial charge in [0.2, 0.25) is 0 Å². The van der Waals surface area contributed by atoms with E-state index in [0.29, 0.717) is 0 Å². The van der Waals surface area contributed by atoms with Gasteiger partial charge in [-0.15, -0.1) is 0 Å². The van der Waals surface area contributed by atoms with Gasteiger partial charge in [0, 0.05) is 16.1 Å². The summed E-state index contributed by atoms with van der Waals surface area (Å²) in [4.78, 5) is 0. The van der Waals surface area contributed by atoms with E-state index in [1.165, 1.54) is 0 Å². The molecule has 0 spiro atoms. The van der Waals surface area contributed by atoms with Gasteiger partial charge < -0.3 is 9.47 Å². The van der Waals surface area contributed by atoms with Crippen molar-refractivity contribution in [1.82, 2.24) is 0 Å². The van der Waals surface area contributed by atoms with E-state index in [1.54, 1.807) is 7.11 Å². The van der Waals surface area contributed by atoms with Crippen LogP contribution in [0.4, 0.5) is 0 Å². The molecule has 0 radical (unpaired) electrons. The zero-order valence-electron chi connectivity index (χ0n) is 9.00. The number of ether oxygens (including phenoxy) is 2. The third-order valence-corrected chi connectivity index (χ3v) is 2.86. The molecule has 0 bridgehead atoms. The molecular weight excluding hydrogens is 212 g/mol. The Hall–Kier alpha value is -1.15. The number of hydrogen-bond acceptors (Lipinski definition) is 2. The van der Waals surface area contributed by atoms with E-state index < -0.39 is 0 Å². The molecule has 80 valence electrons. The number of rotatable bonds is 1. The van der Waals surface area contributed by atoms with Crippen LogP contribution in [0.15, 0.2) is 17.9 Å². The standard InChI is InChI=1S/C12H13ClO2/c1-7-6-9-10(13)4-5-11(14-3)12(9)8(2)15-7/h4-6,8H,1-3H3. The van der Waals surface area contributed by atoms with E-state index >= 15 is 0 Å². The fraction of sp³-hybridized carbons (Fsp3) is 0.333. The van der Waals surface area contributed by atoms with Crippen LogP contribution in [0.3, 0.4) is 0 Å².